The maximum atomic E-state index is 8.90. The van der Waals surface area contributed by atoms with Gasteiger partial charge in [0, 0.05) is 19.2 Å². The number of aryl methyl sites for hydroxylation is 1. The van der Waals surface area contributed by atoms with E-state index < -0.39 is 0 Å². The number of aromatic amines is 1. The zero-order valence-electron chi connectivity index (χ0n) is 19.3. The molecule has 0 radical (unpaired) electrons. The maximum absolute atomic E-state index is 8.90. The number of ether oxygens (including phenoxy) is 2. The SMILES string of the molecule is Cc1cc(CC#N)cc(CNCCCCOCCOc2cc(-n3cnnc3)cc3[nH]ncc23)c1. The quantitative estimate of drug-likeness (QED) is 0.294. The summed E-state index contributed by atoms with van der Waals surface area (Å²) in [5, 5.41) is 28.1. The van der Waals surface area contributed by atoms with Gasteiger partial charge in [0.2, 0.25) is 0 Å². The van der Waals surface area contributed by atoms with Crippen LogP contribution in [0.15, 0.2) is 49.2 Å². The predicted molar refractivity (Wildman–Crippen MR) is 129 cm³/mol. The molecule has 176 valence electrons. The lowest BCUT2D eigenvalue weighted by molar-refractivity contribution is 0.0979. The second-order valence-electron chi connectivity index (χ2n) is 8.15. The lowest BCUT2D eigenvalue weighted by Gasteiger charge is -2.11. The van der Waals surface area contributed by atoms with Crippen LogP contribution in [-0.2, 0) is 17.7 Å². The van der Waals surface area contributed by atoms with Gasteiger partial charge in [0.1, 0.15) is 25.0 Å². The van der Waals surface area contributed by atoms with Gasteiger partial charge in [-0.2, -0.15) is 10.4 Å². The van der Waals surface area contributed by atoms with Crippen LogP contribution in [0, 0.1) is 18.3 Å². The molecule has 0 saturated heterocycles. The van der Waals surface area contributed by atoms with E-state index in [4.69, 9.17) is 14.7 Å². The molecule has 0 unspecified atom stereocenters. The summed E-state index contributed by atoms with van der Waals surface area (Å²) in [5.41, 5.74) is 5.28. The lowest BCUT2D eigenvalue weighted by Crippen LogP contribution is -2.16. The summed E-state index contributed by atoms with van der Waals surface area (Å²) in [7, 11) is 0. The summed E-state index contributed by atoms with van der Waals surface area (Å²) in [6.07, 6.45) is 7.52. The van der Waals surface area contributed by atoms with Gasteiger partial charge in [-0.15, -0.1) is 10.2 Å². The molecule has 9 heteroatoms. The number of hydrogen-bond donors (Lipinski definition) is 2. The monoisotopic (exact) mass is 459 g/mol. The summed E-state index contributed by atoms with van der Waals surface area (Å²) in [5.74, 6) is 0.747. The molecular formula is C25H29N7O2. The predicted octanol–water partition coefficient (Wildman–Crippen LogP) is 3.48. The van der Waals surface area contributed by atoms with Gasteiger partial charge in [-0.05, 0) is 43.5 Å². The van der Waals surface area contributed by atoms with E-state index in [2.05, 4.69) is 56.9 Å². The van der Waals surface area contributed by atoms with E-state index in [0.29, 0.717) is 26.2 Å². The number of nitrogens with zero attached hydrogens (tertiary/aromatic N) is 5. The summed E-state index contributed by atoms with van der Waals surface area (Å²) < 4.78 is 13.5. The number of fused-ring (bicyclic) bond motifs is 1. The Bertz CT molecular complexity index is 1230. The molecule has 9 nitrogen and oxygen atoms in total. The summed E-state index contributed by atoms with van der Waals surface area (Å²) in [6.45, 7) is 5.49. The van der Waals surface area contributed by atoms with E-state index in [1.807, 2.05) is 16.7 Å². The first-order valence-electron chi connectivity index (χ1n) is 11.4. The van der Waals surface area contributed by atoms with Crippen molar-refractivity contribution < 1.29 is 9.47 Å². The number of H-pyrrole nitrogens is 1. The Morgan fingerprint density at radius 2 is 1.88 bits per heavy atom. The molecule has 0 amide bonds. The summed E-state index contributed by atoms with van der Waals surface area (Å²) in [6, 6.07) is 12.5. The van der Waals surface area contributed by atoms with Gasteiger partial charge in [0.25, 0.3) is 0 Å². The van der Waals surface area contributed by atoms with Gasteiger partial charge in [-0.1, -0.05) is 23.8 Å². The molecule has 0 bridgehead atoms. The molecule has 2 aromatic heterocycles. The lowest BCUT2D eigenvalue weighted by atomic mass is 10.0. The Morgan fingerprint density at radius 3 is 2.74 bits per heavy atom. The highest BCUT2D eigenvalue weighted by Crippen LogP contribution is 2.27. The fourth-order valence-corrected chi connectivity index (χ4v) is 3.85. The smallest absolute Gasteiger partial charge is 0.132 e. The van der Waals surface area contributed by atoms with Gasteiger partial charge < -0.3 is 14.8 Å². The molecule has 2 heterocycles. The van der Waals surface area contributed by atoms with Crippen LogP contribution >= 0.6 is 0 Å². The number of unbranched alkanes of at least 4 members (excludes halogenated alkanes) is 1. The fraction of sp³-hybridized carbons (Fsp3) is 0.360. The van der Waals surface area contributed by atoms with Gasteiger partial charge in [0.05, 0.1) is 41.9 Å². The van der Waals surface area contributed by atoms with Crippen molar-refractivity contribution in [3.8, 4) is 17.5 Å². The molecule has 2 N–H and O–H groups in total. The molecule has 34 heavy (non-hydrogen) atoms. The topological polar surface area (TPSA) is 114 Å². The van der Waals surface area contributed by atoms with Crippen molar-refractivity contribution in [3.63, 3.8) is 0 Å². The first-order chi connectivity index (χ1) is 16.7. The number of benzene rings is 2. The average Bonchev–Trinajstić information content (AvgIpc) is 3.52. The normalized spacial score (nSPS) is 11.1. The molecule has 0 atom stereocenters. The molecule has 0 fully saturated rings. The van der Waals surface area contributed by atoms with Crippen molar-refractivity contribution in [2.75, 3.05) is 26.4 Å². The van der Waals surface area contributed by atoms with Crippen molar-refractivity contribution >= 4 is 10.9 Å². The Morgan fingerprint density at radius 1 is 1.03 bits per heavy atom. The Labute approximate surface area is 198 Å². The van der Waals surface area contributed by atoms with Crippen LogP contribution in [0.2, 0.25) is 0 Å². The van der Waals surface area contributed by atoms with Gasteiger partial charge in [-0.3, -0.25) is 9.67 Å². The molecule has 0 aliphatic heterocycles. The minimum Gasteiger partial charge on any atom is -0.490 e. The van der Waals surface area contributed by atoms with Crippen LogP contribution in [0.1, 0.15) is 29.5 Å². The first-order valence-corrected chi connectivity index (χ1v) is 11.4. The zero-order chi connectivity index (χ0) is 23.6. The van der Waals surface area contributed by atoms with Crippen molar-refractivity contribution in [1.82, 2.24) is 30.3 Å². The number of nitrogens with one attached hydrogen (secondary N) is 2. The molecule has 0 aliphatic carbocycles. The molecule has 4 rings (SSSR count). The van der Waals surface area contributed by atoms with E-state index in [0.717, 1.165) is 53.8 Å². The summed E-state index contributed by atoms with van der Waals surface area (Å²) >= 11 is 0. The van der Waals surface area contributed by atoms with Crippen LogP contribution in [0.4, 0.5) is 0 Å². The Kier molecular flexibility index (Phi) is 8.22. The largest absolute Gasteiger partial charge is 0.490 e. The van der Waals surface area contributed by atoms with E-state index in [1.165, 1.54) is 11.1 Å². The number of nitriles is 1. The van der Waals surface area contributed by atoms with Crippen molar-refractivity contribution in [2.24, 2.45) is 0 Å². The van der Waals surface area contributed by atoms with E-state index >= 15 is 0 Å². The van der Waals surface area contributed by atoms with Crippen LogP contribution in [0.3, 0.4) is 0 Å². The zero-order valence-corrected chi connectivity index (χ0v) is 19.3. The van der Waals surface area contributed by atoms with Crippen molar-refractivity contribution in [3.05, 3.63) is 65.9 Å². The van der Waals surface area contributed by atoms with Crippen LogP contribution in [0.25, 0.3) is 16.6 Å². The minimum atomic E-state index is 0.455. The van der Waals surface area contributed by atoms with Crippen LogP contribution in [0.5, 0.6) is 5.75 Å². The van der Waals surface area contributed by atoms with Crippen molar-refractivity contribution in [2.45, 2.75) is 32.7 Å². The highest BCUT2D eigenvalue weighted by atomic mass is 16.5. The second-order valence-corrected chi connectivity index (χ2v) is 8.15. The molecule has 2 aromatic carbocycles. The maximum Gasteiger partial charge on any atom is 0.132 e. The highest BCUT2D eigenvalue weighted by Gasteiger charge is 2.09. The molecule has 0 aliphatic rings. The highest BCUT2D eigenvalue weighted by molar-refractivity contribution is 5.86. The van der Waals surface area contributed by atoms with Crippen molar-refractivity contribution in [1.29, 1.82) is 5.26 Å². The number of hydrogen-bond acceptors (Lipinski definition) is 7. The van der Waals surface area contributed by atoms with E-state index in [1.54, 1.807) is 18.9 Å². The Balaban J connectivity index is 1.12. The fourth-order valence-electron chi connectivity index (χ4n) is 3.85. The third kappa shape index (κ3) is 6.41. The molecular weight excluding hydrogens is 430 g/mol. The van der Waals surface area contributed by atoms with E-state index in [9.17, 15) is 0 Å². The standard InChI is InChI=1S/C25H29N7O2/c1-19-10-20(4-5-26)12-21(11-19)15-27-6-2-3-7-33-8-9-34-25-14-22(32-17-29-30-18-32)13-24-23(25)16-28-31-24/h10-14,16-18,27H,2-4,6-9,15H2,1H3,(H,28,31). The number of aromatic nitrogens is 5. The number of rotatable bonds is 13. The molecule has 0 spiro atoms. The van der Waals surface area contributed by atoms with Crippen LogP contribution < -0.4 is 10.1 Å². The third-order valence-electron chi connectivity index (χ3n) is 5.41. The van der Waals surface area contributed by atoms with Gasteiger partial charge >= 0.3 is 0 Å². The second kappa shape index (κ2) is 11.9. The van der Waals surface area contributed by atoms with Crippen LogP contribution in [-0.4, -0.2) is 51.3 Å². The van der Waals surface area contributed by atoms with E-state index in [-0.39, 0.29) is 0 Å². The first kappa shape index (κ1) is 23.4. The average molecular weight is 460 g/mol. The Hall–Kier alpha value is -3.74. The third-order valence-corrected chi connectivity index (χ3v) is 5.41. The molecule has 4 aromatic rings. The minimum absolute atomic E-state index is 0.455. The van der Waals surface area contributed by atoms with Gasteiger partial charge in [-0.25, -0.2) is 0 Å². The summed E-state index contributed by atoms with van der Waals surface area (Å²) in [4.78, 5) is 0. The molecule has 0 saturated carbocycles. The van der Waals surface area contributed by atoms with Gasteiger partial charge in [0.15, 0.2) is 0 Å².